The van der Waals surface area contributed by atoms with Gasteiger partial charge in [0.2, 0.25) is 5.91 Å². The minimum absolute atomic E-state index is 0.00839. The Morgan fingerprint density at radius 3 is 2.62 bits per heavy atom. The predicted octanol–water partition coefficient (Wildman–Crippen LogP) is 3.40. The maximum absolute atomic E-state index is 13.5. The summed E-state index contributed by atoms with van der Waals surface area (Å²) >= 11 is 0. The van der Waals surface area contributed by atoms with Gasteiger partial charge in [-0.2, -0.15) is 0 Å². The maximum atomic E-state index is 13.5. The molecular weight excluding hydrogens is 384 g/mol. The zero-order valence-electron chi connectivity index (χ0n) is 16.7. The number of benzene rings is 1. The van der Waals surface area contributed by atoms with E-state index in [1.807, 2.05) is 30.3 Å². The summed E-state index contributed by atoms with van der Waals surface area (Å²) in [6, 6.07) is 13.8. The van der Waals surface area contributed by atoms with Crippen molar-refractivity contribution in [3.05, 3.63) is 66.0 Å². The molecule has 0 radical (unpaired) electrons. The molecule has 0 unspecified atom stereocenters. The summed E-state index contributed by atoms with van der Waals surface area (Å²) in [5.74, 6) is -0.00886. The number of nitrogens with zero attached hydrogens (tertiary/aromatic N) is 2. The topological polar surface area (TPSA) is 67.3 Å². The van der Waals surface area contributed by atoms with Gasteiger partial charge in [0.15, 0.2) is 9.84 Å². The van der Waals surface area contributed by atoms with Gasteiger partial charge in [0.1, 0.15) is 0 Å². The number of carbonyl (C=O) groups is 1. The molecule has 0 bridgehead atoms. The minimum Gasteiger partial charge on any atom is -0.337 e. The van der Waals surface area contributed by atoms with Crippen LogP contribution in [0.5, 0.6) is 0 Å². The van der Waals surface area contributed by atoms with Crippen LogP contribution in [0.2, 0.25) is 0 Å². The second-order valence-corrected chi connectivity index (χ2v) is 10.8. The summed E-state index contributed by atoms with van der Waals surface area (Å²) in [7, 11) is -3.39. The predicted molar refractivity (Wildman–Crippen MR) is 113 cm³/mol. The van der Waals surface area contributed by atoms with Crippen LogP contribution < -0.4 is 0 Å². The first-order chi connectivity index (χ1) is 14.0. The highest BCUT2D eigenvalue weighted by molar-refractivity contribution is 7.92. The summed E-state index contributed by atoms with van der Waals surface area (Å²) in [6.07, 6.45) is 7.62. The van der Waals surface area contributed by atoms with Gasteiger partial charge in [0.05, 0.1) is 10.5 Å². The largest absolute Gasteiger partial charge is 0.337 e. The fourth-order valence-electron chi connectivity index (χ4n) is 5.03. The standard InChI is InChI=1S/C23H28N2O3S/c26-22-16-23(11-5-4-10-21(23)15-19-7-2-1-3-8-19)29(27,28)14-13-25(22)18-20-9-6-12-24-17-20/h1-3,6-9,12,17,21H,4-5,10-11,13-16,18H2/t21-,23-/m1/s1. The van der Waals surface area contributed by atoms with Gasteiger partial charge in [-0.3, -0.25) is 9.78 Å². The average Bonchev–Trinajstić information content (AvgIpc) is 2.82. The molecule has 4 rings (SSSR count). The third-order valence-corrected chi connectivity index (χ3v) is 9.26. The van der Waals surface area contributed by atoms with Gasteiger partial charge in [-0.15, -0.1) is 0 Å². The van der Waals surface area contributed by atoms with Crippen molar-refractivity contribution in [1.29, 1.82) is 0 Å². The second kappa shape index (κ2) is 8.27. The molecule has 1 aliphatic carbocycles. The first kappa shape index (κ1) is 20.1. The van der Waals surface area contributed by atoms with E-state index in [1.165, 1.54) is 0 Å². The highest BCUT2D eigenvalue weighted by Crippen LogP contribution is 2.46. The first-order valence-electron chi connectivity index (χ1n) is 10.4. The number of pyridine rings is 1. The fraction of sp³-hybridized carbons (Fsp3) is 0.478. The van der Waals surface area contributed by atoms with Crippen molar-refractivity contribution in [2.75, 3.05) is 12.3 Å². The molecule has 1 aliphatic heterocycles. The lowest BCUT2D eigenvalue weighted by atomic mass is 9.73. The van der Waals surface area contributed by atoms with Gasteiger partial charge in [-0.1, -0.05) is 49.2 Å². The molecule has 2 heterocycles. The van der Waals surface area contributed by atoms with Gasteiger partial charge >= 0.3 is 0 Å². The van der Waals surface area contributed by atoms with E-state index in [4.69, 9.17) is 0 Å². The van der Waals surface area contributed by atoms with Crippen LogP contribution in [0.1, 0.15) is 43.2 Å². The van der Waals surface area contributed by atoms with E-state index in [0.717, 1.165) is 36.8 Å². The molecule has 1 aromatic heterocycles. The lowest BCUT2D eigenvalue weighted by Crippen LogP contribution is -2.50. The van der Waals surface area contributed by atoms with Gasteiger partial charge in [0, 0.05) is 31.9 Å². The summed E-state index contributed by atoms with van der Waals surface area (Å²) in [5.41, 5.74) is 2.08. The molecule has 2 atom stereocenters. The van der Waals surface area contributed by atoms with Crippen LogP contribution in [0.15, 0.2) is 54.9 Å². The minimum atomic E-state index is -3.39. The van der Waals surface area contributed by atoms with Crippen LogP contribution in [0.3, 0.4) is 0 Å². The Balaban J connectivity index is 1.62. The number of amides is 1. The summed E-state index contributed by atoms with van der Waals surface area (Å²) in [5, 5.41) is 0. The lowest BCUT2D eigenvalue weighted by molar-refractivity contribution is -0.132. The van der Waals surface area contributed by atoms with Gasteiger partial charge in [-0.05, 0) is 42.4 Å². The second-order valence-electron chi connectivity index (χ2n) is 8.37. The zero-order chi connectivity index (χ0) is 20.3. The fourth-order valence-corrected chi connectivity index (χ4v) is 7.40. The van der Waals surface area contributed by atoms with E-state index >= 15 is 0 Å². The summed E-state index contributed by atoms with van der Waals surface area (Å²) in [6.45, 7) is 0.678. The van der Waals surface area contributed by atoms with E-state index in [2.05, 4.69) is 17.1 Å². The van der Waals surface area contributed by atoms with Crippen LogP contribution >= 0.6 is 0 Å². The van der Waals surface area contributed by atoms with Crippen LogP contribution in [0.25, 0.3) is 0 Å². The van der Waals surface area contributed by atoms with E-state index < -0.39 is 14.6 Å². The Kier molecular flexibility index (Phi) is 5.72. The van der Waals surface area contributed by atoms with Gasteiger partial charge in [-0.25, -0.2) is 8.42 Å². The highest BCUT2D eigenvalue weighted by Gasteiger charge is 2.53. The van der Waals surface area contributed by atoms with Crippen molar-refractivity contribution in [2.45, 2.75) is 49.8 Å². The molecule has 1 aromatic carbocycles. The monoisotopic (exact) mass is 412 g/mol. The molecule has 0 N–H and O–H groups in total. The molecule has 6 heteroatoms. The molecule has 29 heavy (non-hydrogen) atoms. The third kappa shape index (κ3) is 4.08. The zero-order valence-corrected chi connectivity index (χ0v) is 17.5. The summed E-state index contributed by atoms with van der Waals surface area (Å²) < 4.78 is 26.1. The molecule has 1 saturated heterocycles. The van der Waals surface area contributed by atoms with Crippen molar-refractivity contribution < 1.29 is 13.2 Å². The first-order valence-corrected chi connectivity index (χ1v) is 12.1. The number of sulfone groups is 1. The van der Waals surface area contributed by atoms with E-state index in [0.29, 0.717) is 13.0 Å². The van der Waals surface area contributed by atoms with E-state index in [-0.39, 0.29) is 30.5 Å². The molecule has 2 aromatic rings. The number of hydrogen-bond acceptors (Lipinski definition) is 4. The highest BCUT2D eigenvalue weighted by atomic mass is 32.2. The van der Waals surface area contributed by atoms with Gasteiger partial charge < -0.3 is 4.90 Å². The van der Waals surface area contributed by atoms with Gasteiger partial charge in [0.25, 0.3) is 0 Å². The molecule has 1 saturated carbocycles. The van der Waals surface area contributed by atoms with Crippen molar-refractivity contribution in [3.8, 4) is 0 Å². The number of aromatic nitrogens is 1. The smallest absolute Gasteiger partial charge is 0.224 e. The Morgan fingerprint density at radius 1 is 1.07 bits per heavy atom. The molecule has 2 aliphatic rings. The van der Waals surface area contributed by atoms with Crippen LogP contribution in [0.4, 0.5) is 0 Å². The molecule has 154 valence electrons. The Labute approximate surface area is 173 Å². The van der Waals surface area contributed by atoms with Crippen LogP contribution in [-0.4, -0.2) is 41.3 Å². The molecule has 1 spiro atoms. The van der Waals surface area contributed by atoms with Crippen LogP contribution in [0, 0.1) is 5.92 Å². The summed E-state index contributed by atoms with van der Waals surface area (Å²) in [4.78, 5) is 19.0. The van der Waals surface area contributed by atoms with Crippen molar-refractivity contribution in [2.24, 2.45) is 5.92 Å². The Bertz CT molecular complexity index is 947. The molecule has 5 nitrogen and oxygen atoms in total. The normalized spacial score (nSPS) is 27.0. The number of carbonyl (C=O) groups excluding carboxylic acids is 1. The lowest BCUT2D eigenvalue weighted by Gasteiger charge is -2.42. The van der Waals surface area contributed by atoms with Crippen molar-refractivity contribution >= 4 is 15.7 Å². The number of hydrogen-bond donors (Lipinski definition) is 0. The molecular formula is C23H28N2O3S. The SMILES string of the molecule is O=C1C[C@@]2(CCCC[C@@H]2Cc2ccccc2)S(=O)(=O)CCN1Cc1cccnc1. The number of rotatable bonds is 4. The molecule has 2 fully saturated rings. The maximum Gasteiger partial charge on any atom is 0.224 e. The quantitative estimate of drug-likeness (QED) is 0.772. The van der Waals surface area contributed by atoms with E-state index in [1.54, 1.807) is 17.3 Å². The van der Waals surface area contributed by atoms with Crippen LogP contribution in [-0.2, 0) is 27.6 Å². The van der Waals surface area contributed by atoms with E-state index in [9.17, 15) is 13.2 Å². The molecule has 1 amide bonds. The average molecular weight is 413 g/mol. The third-order valence-electron chi connectivity index (χ3n) is 6.62. The Hall–Kier alpha value is -2.21. The van der Waals surface area contributed by atoms with Crippen molar-refractivity contribution in [3.63, 3.8) is 0 Å². The Morgan fingerprint density at radius 2 is 1.86 bits per heavy atom. The van der Waals surface area contributed by atoms with Crippen molar-refractivity contribution in [1.82, 2.24) is 9.88 Å².